The van der Waals surface area contributed by atoms with Gasteiger partial charge in [0.15, 0.2) is 0 Å². The van der Waals surface area contributed by atoms with Crippen molar-refractivity contribution in [1.29, 1.82) is 0 Å². The summed E-state index contributed by atoms with van der Waals surface area (Å²) in [6.07, 6.45) is 2.23. The Morgan fingerprint density at radius 1 is 1.33 bits per heavy atom. The van der Waals surface area contributed by atoms with Crippen molar-refractivity contribution in [3.05, 3.63) is 20.8 Å². The van der Waals surface area contributed by atoms with Crippen LogP contribution in [0.15, 0.2) is 15.9 Å². The number of unbranched alkanes of at least 4 members (excludes halogenated alkanes) is 1. The lowest BCUT2D eigenvalue weighted by molar-refractivity contribution is 0.0687. The molecular weight excluding hydrogens is 314 g/mol. The highest BCUT2D eigenvalue weighted by molar-refractivity contribution is 9.10. The molecule has 0 saturated carbocycles. The zero-order valence-corrected chi connectivity index (χ0v) is 13.5. The van der Waals surface area contributed by atoms with Crippen LogP contribution in [0, 0.1) is 0 Å². The number of halogens is 1. The van der Waals surface area contributed by atoms with Crippen LogP contribution in [0.5, 0.6) is 0 Å². The highest BCUT2D eigenvalue weighted by atomic mass is 79.9. The van der Waals surface area contributed by atoms with Gasteiger partial charge in [0.2, 0.25) is 0 Å². The average molecular weight is 336 g/mol. The molecule has 1 atom stereocenters. The zero-order chi connectivity index (χ0) is 13.2. The summed E-state index contributed by atoms with van der Waals surface area (Å²) >= 11 is 5.35. The number of rotatable bonds is 10. The fraction of sp³-hybridized carbons (Fsp3) is 0.692. The van der Waals surface area contributed by atoms with Gasteiger partial charge in [-0.15, -0.1) is 11.3 Å². The number of hydrogen-bond acceptors (Lipinski definition) is 4. The van der Waals surface area contributed by atoms with Crippen molar-refractivity contribution in [2.24, 2.45) is 0 Å². The van der Waals surface area contributed by atoms with Crippen molar-refractivity contribution in [3.8, 4) is 0 Å². The molecule has 0 spiro atoms. The molecule has 0 aliphatic heterocycles. The Labute approximate surface area is 122 Å². The lowest BCUT2D eigenvalue weighted by atomic mass is 10.2. The van der Waals surface area contributed by atoms with E-state index in [2.05, 4.69) is 39.6 Å². The maximum Gasteiger partial charge on any atom is 0.0700 e. The number of thiophene rings is 1. The second kappa shape index (κ2) is 9.92. The molecule has 1 aromatic rings. The lowest BCUT2D eigenvalue weighted by Crippen LogP contribution is -2.19. The topological polar surface area (TPSA) is 30.5 Å². The van der Waals surface area contributed by atoms with Gasteiger partial charge in [-0.1, -0.05) is 0 Å². The quantitative estimate of drug-likeness (QED) is 0.662. The molecule has 5 heteroatoms. The molecule has 3 nitrogen and oxygen atoms in total. The van der Waals surface area contributed by atoms with Crippen LogP contribution in [0.4, 0.5) is 0 Å². The molecule has 1 rings (SSSR count). The summed E-state index contributed by atoms with van der Waals surface area (Å²) in [7, 11) is 1.69. The molecule has 0 aliphatic carbocycles. The summed E-state index contributed by atoms with van der Waals surface area (Å²) in [6, 6.07) is 2.51. The van der Waals surface area contributed by atoms with Gasteiger partial charge in [0.25, 0.3) is 0 Å². The normalized spacial score (nSPS) is 12.8. The third-order valence-electron chi connectivity index (χ3n) is 2.64. The Balaban J connectivity index is 1.99. The predicted octanol–water partition coefficient (Wildman–Crippen LogP) is 3.60. The van der Waals surface area contributed by atoms with Crippen LogP contribution >= 0.6 is 27.3 Å². The van der Waals surface area contributed by atoms with Crippen molar-refractivity contribution in [3.63, 3.8) is 0 Å². The molecule has 18 heavy (non-hydrogen) atoms. The molecule has 0 radical (unpaired) electrons. The van der Waals surface area contributed by atoms with Gasteiger partial charge in [0.05, 0.1) is 13.2 Å². The van der Waals surface area contributed by atoms with Gasteiger partial charge in [-0.2, -0.15) is 0 Å². The van der Waals surface area contributed by atoms with E-state index in [1.54, 1.807) is 18.4 Å². The van der Waals surface area contributed by atoms with Crippen LogP contribution in [-0.4, -0.2) is 33.5 Å². The maximum atomic E-state index is 5.41. The Morgan fingerprint density at radius 3 is 2.83 bits per heavy atom. The van der Waals surface area contributed by atoms with Gasteiger partial charge in [-0.25, -0.2) is 0 Å². The van der Waals surface area contributed by atoms with Gasteiger partial charge in [-0.05, 0) is 53.7 Å². The van der Waals surface area contributed by atoms with Crippen molar-refractivity contribution >= 4 is 27.3 Å². The molecule has 1 unspecified atom stereocenters. The van der Waals surface area contributed by atoms with E-state index in [0.717, 1.165) is 26.0 Å². The van der Waals surface area contributed by atoms with E-state index in [9.17, 15) is 0 Å². The van der Waals surface area contributed by atoms with Gasteiger partial charge in [0, 0.05) is 29.1 Å². The fourth-order valence-electron chi connectivity index (χ4n) is 1.60. The molecule has 1 heterocycles. The van der Waals surface area contributed by atoms with Gasteiger partial charge >= 0.3 is 0 Å². The number of methoxy groups -OCH3 is 1. The van der Waals surface area contributed by atoms with Gasteiger partial charge < -0.3 is 14.8 Å². The van der Waals surface area contributed by atoms with Crippen LogP contribution in [0.1, 0.15) is 30.7 Å². The predicted molar refractivity (Wildman–Crippen MR) is 80.4 cm³/mol. The SMILES string of the molecule is COCCOCCCCNC(C)c1sccc1Br. The van der Waals surface area contributed by atoms with Crippen LogP contribution < -0.4 is 5.32 Å². The largest absolute Gasteiger partial charge is 0.382 e. The molecule has 0 saturated heterocycles. The second-order valence-corrected chi connectivity index (χ2v) is 5.92. The van der Waals surface area contributed by atoms with Crippen molar-refractivity contribution in [2.75, 3.05) is 33.5 Å². The van der Waals surface area contributed by atoms with E-state index in [-0.39, 0.29) is 0 Å². The molecular formula is C13H22BrNO2S. The van der Waals surface area contributed by atoms with Gasteiger partial charge in [0.1, 0.15) is 0 Å². The minimum Gasteiger partial charge on any atom is -0.382 e. The van der Waals surface area contributed by atoms with Crippen LogP contribution in [0.25, 0.3) is 0 Å². The maximum absolute atomic E-state index is 5.41. The molecule has 0 aliphatic rings. The van der Waals surface area contributed by atoms with E-state index in [0.29, 0.717) is 19.3 Å². The average Bonchev–Trinajstić information content (AvgIpc) is 2.79. The third kappa shape index (κ3) is 6.29. The minimum absolute atomic E-state index is 0.411. The first-order chi connectivity index (χ1) is 8.75. The van der Waals surface area contributed by atoms with E-state index in [1.165, 1.54) is 9.35 Å². The summed E-state index contributed by atoms with van der Waals surface area (Å²) in [5.41, 5.74) is 0. The van der Waals surface area contributed by atoms with E-state index in [1.807, 2.05) is 0 Å². The first kappa shape index (κ1) is 16.1. The first-order valence-corrected chi connectivity index (χ1v) is 7.96. The molecule has 0 aromatic carbocycles. The van der Waals surface area contributed by atoms with Crippen molar-refractivity contribution in [1.82, 2.24) is 5.32 Å². The van der Waals surface area contributed by atoms with E-state index >= 15 is 0 Å². The molecule has 0 bridgehead atoms. The zero-order valence-electron chi connectivity index (χ0n) is 11.1. The molecule has 1 aromatic heterocycles. The Kier molecular flexibility index (Phi) is 8.88. The summed E-state index contributed by atoms with van der Waals surface area (Å²) in [6.45, 7) is 5.43. The fourth-order valence-corrected chi connectivity index (χ4v) is 3.35. The van der Waals surface area contributed by atoms with Crippen molar-refractivity contribution < 1.29 is 9.47 Å². The molecule has 1 N–H and O–H groups in total. The summed E-state index contributed by atoms with van der Waals surface area (Å²) in [5, 5.41) is 5.64. The van der Waals surface area contributed by atoms with Gasteiger partial charge in [-0.3, -0.25) is 0 Å². The number of nitrogens with one attached hydrogen (secondary N) is 1. The smallest absolute Gasteiger partial charge is 0.0700 e. The molecule has 104 valence electrons. The van der Waals surface area contributed by atoms with Crippen LogP contribution in [0.2, 0.25) is 0 Å². The summed E-state index contributed by atoms with van der Waals surface area (Å²) < 4.78 is 11.5. The van der Waals surface area contributed by atoms with Crippen LogP contribution in [-0.2, 0) is 9.47 Å². The summed E-state index contributed by atoms with van der Waals surface area (Å²) in [5.74, 6) is 0. The number of ether oxygens (including phenoxy) is 2. The Bertz CT molecular complexity index is 320. The second-order valence-electron chi connectivity index (χ2n) is 4.12. The summed E-state index contributed by atoms with van der Waals surface area (Å²) in [4.78, 5) is 1.37. The highest BCUT2D eigenvalue weighted by Gasteiger charge is 2.09. The minimum atomic E-state index is 0.411. The highest BCUT2D eigenvalue weighted by Crippen LogP contribution is 2.28. The Morgan fingerprint density at radius 2 is 2.17 bits per heavy atom. The van der Waals surface area contributed by atoms with Crippen molar-refractivity contribution in [2.45, 2.75) is 25.8 Å². The molecule has 0 fully saturated rings. The van der Waals surface area contributed by atoms with Crippen LogP contribution in [0.3, 0.4) is 0 Å². The van der Waals surface area contributed by atoms with E-state index in [4.69, 9.17) is 9.47 Å². The third-order valence-corrected chi connectivity index (χ3v) is 4.69. The van der Waals surface area contributed by atoms with E-state index < -0.39 is 0 Å². The molecule has 0 amide bonds. The first-order valence-electron chi connectivity index (χ1n) is 6.28. The lowest BCUT2D eigenvalue weighted by Gasteiger charge is -2.12. The Hall–Kier alpha value is 0.0600. The number of hydrogen-bond donors (Lipinski definition) is 1. The standard InChI is InChI=1S/C13H22BrNO2S/c1-11(13-12(14)5-10-18-13)15-6-3-4-7-17-9-8-16-2/h5,10-11,15H,3-4,6-9H2,1-2H3. The monoisotopic (exact) mass is 335 g/mol.